The van der Waals surface area contributed by atoms with E-state index in [0.717, 1.165) is 6.07 Å². The molecule has 0 amide bonds. The fraction of sp³-hybridized carbons (Fsp3) is 0.400. The summed E-state index contributed by atoms with van der Waals surface area (Å²) in [6.45, 7) is 4.79. The van der Waals surface area contributed by atoms with E-state index in [-0.39, 0.29) is 28.4 Å². The highest BCUT2D eigenvalue weighted by Gasteiger charge is 2.50. The average molecular weight is 535 g/mol. The number of nitro benzene ring substituents is 1. The monoisotopic (exact) mass is 534 g/mol. The molecule has 2 aromatic rings. The number of rotatable bonds is 8. The molecule has 1 heterocycles. The first-order valence-electron chi connectivity index (χ1n) is 11.2. The first-order chi connectivity index (χ1) is 17.4. The van der Waals surface area contributed by atoms with Crippen molar-refractivity contribution in [1.82, 2.24) is 4.90 Å². The van der Waals surface area contributed by atoms with Gasteiger partial charge >= 0.3 is 11.9 Å². The van der Waals surface area contributed by atoms with Crippen molar-refractivity contribution in [1.29, 1.82) is 0 Å². The molecule has 1 fully saturated rings. The van der Waals surface area contributed by atoms with Crippen molar-refractivity contribution < 1.29 is 38.3 Å². The summed E-state index contributed by atoms with van der Waals surface area (Å²) in [4.78, 5) is 50.6. The fourth-order valence-electron chi connectivity index (χ4n) is 4.62. The summed E-state index contributed by atoms with van der Waals surface area (Å²) in [7, 11) is 4.52. The maximum atomic E-state index is 13.3. The average Bonchev–Trinajstić information content (AvgIpc) is 3.10. The molecule has 2 atom stereocenters. The van der Waals surface area contributed by atoms with Crippen LogP contribution in [0.3, 0.4) is 0 Å². The van der Waals surface area contributed by atoms with E-state index in [9.17, 15) is 24.5 Å². The van der Waals surface area contributed by atoms with Gasteiger partial charge < -0.3 is 18.9 Å². The summed E-state index contributed by atoms with van der Waals surface area (Å²) in [6.07, 6.45) is 0.461. The lowest BCUT2D eigenvalue weighted by atomic mass is 9.86. The van der Waals surface area contributed by atoms with Gasteiger partial charge in [0, 0.05) is 37.1 Å². The molecular weight excluding hydrogens is 508 g/mol. The predicted octanol–water partition coefficient (Wildman–Crippen LogP) is 4.39. The molecule has 3 rings (SSSR count). The number of likely N-dealkylation sites (N-methyl/N-ethyl adjacent to an activating group) is 1. The summed E-state index contributed by atoms with van der Waals surface area (Å²) >= 11 is 6.15. The van der Waals surface area contributed by atoms with Gasteiger partial charge in [0.1, 0.15) is 22.1 Å². The molecule has 2 aromatic carbocycles. The third-order valence-electron chi connectivity index (χ3n) is 6.48. The number of ketones is 1. The van der Waals surface area contributed by atoms with Gasteiger partial charge in [-0.3, -0.25) is 24.6 Å². The van der Waals surface area contributed by atoms with Gasteiger partial charge in [-0.1, -0.05) is 17.7 Å². The Kier molecular flexibility index (Phi) is 8.09. The highest BCUT2D eigenvalue weighted by molar-refractivity contribution is 6.35. The molecule has 0 aliphatic carbocycles. The highest BCUT2D eigenvalue weighted by atomic mass is 35.5. The number of ether oxygens (including phenoxy) is 4. The van der Waals surface area contributed by atoms with Gasteiger partial charge in [0.2, 0.25) is 0 Å². The Morgan fingerprint density at radius 3 is 2.35 bits per heavy atom. The lowest BCUT2D eigenvalue weighted by Gasteiger charge is -2.37. The number of carbonyl (C=O) groups excluding carboxylic acids is 3. The van der Waals surface area contributed by atoms with Crippen molar-refractivity contribution in [2.45, 2.75) is 38.8 Å². The van der Waals surface area contributed by atoms with Crippen LogP contribution in [0.5, 0.6) is 17.2 Å². The number of likely N-dealkylation sites (tertiary alicyclic amines) is 1. The number of methoxy groups -OCH3 is 2. The molecule has 0 N–H and O–H groups in total. The number of hydrogen-bond donors (Lipinski definition) is 0. The Bertz CT molecular complexity index is 1280. The highest BCUT2D eigenvalue weighted by Crippen LogP contribution is 2.52. The predicted molar refractivity (Wildman–Crippen MR) is 133 cm³/mol. The van der Waals surface area contributed by atoms with Crippen molar-refractivity contribution >= 4 is 35.0 Å². The Morgan fingerprint density at radius 1 is 1.16 bits per heavy atom. The van der Waals surface area contributed by atoms with E-state index >= 15 is 0 Å². The van der Waals surface area contributed by atoms with E-state index in [1.54, 1.807) is 14.0 Å². The van der Waals surface area contributed by atoms with Crippen LogP contribution in [0.15, 0.2) is 24.3 Å². The number of halogens is 1. The topological polar surface area (TPSA) is 135 Å². The van der Waals surface area contributed by atoms with Gasteiger partial charge in [-0.2, -0.15) is 0 Å². The van der Waals surface area contributed by atoms with Crippen LogP contribution in [-0.2, 0) is 9.53 Å². The molecule has 37 heavy (non-hydrogen) atoms. The summed E-state index contributed by atoms with van der Waals surface area (Å²) in [5.74, 6) is -2.49. The molecule has 2 unspecified atom stereocenters. The molecule has 0 bridgehead atoms. The van der Waals surface area contributed by atoms with Crippen molar-refractivity contribution in [2.75, 3.05) is 27.8 Å². The smallest absolute Gasteiger partial charge is 0.345 e. The van der Waals surface area contributed by atoms with E-state index < -0.39 is 45.0 Å². The second kappa shape index (κ2) is 10.7. The fourth-order valence-corrected chi connectivity index (χ4v) is 4.90. The van der Waals surface area contributed by atoms with Gasteiger partial charge in [0.25, 0.3) is 5.69 Å². The molecule has 1 saturated heterocycles. The van der Waals surface area contributed by atoms with Gasteiger partial charge in [-0.05, 0) is 33.4 Å². The molecular formula is C25H27ClN2O9. The Balaban J connectivity index is 2.30. The normalized spacial score (nSPS) is 19.3. The molecule has 0 spiro atoms. The summed E-state index contributed by atoms with van der Waals surface area (Å²) in [6, 6.07) is 5.22. The second-order valence-corrected chi connectivity index (χ2v) is 9.03. The summed E-state index contributed by atoms with van der Waals surface area (Å²) in [5, 5.41) is 10.9. The summed E-state index contributed by atoms with van der Waals surface area (Å²) in [5.41, 5.74) is -1.67. The zero-order valence-corrected chi connectivity index (χ0v) is 22.0. The maximum Gasteiger partial charge on any atom is 0.345 e. The lowest BCUT2D eigenvalue weighted by molar-refractivity contribution is -0.384. The van der Waals surface area contributed by atoms with Crippen molar-refractivity contribution in [3.63, 3.8) is 0 Å². The van der Waals surface area contributed by atoms with Gasteiger partial charge in [0.15, 0.2) is 17.3 Å². The minimum atomic E-state index is -1.17. The van der Waals surface area contributed by atoms with E-state index in [4.69, 9.17) is 30.5 Å². The second-order valence-electron chi connectivity index (χ2n) is 8.65. The minimum absolute atomic E-state index is 0.0482. The van der Waals surface area contributed by atoms with Gasteiger partial charge in [-0.25, -0.2) is 4.79 Å². The molecule has 198 valence electrons. The number of hydrogen-bond acceptors (Lipinski definition) is 10. The zero-order chi connectivity index (χ0) is 27.7. The van der Waals surface area contributed by atoms with Crippen LogP contribution in [0, 0.1) is 10.1 Å². The maximum absolute atomic E-state index is 13.3. The third kappa shape index (κ3) is 5.09. The Morgan fingerprint density at radius 2 is 1.81 bits per heavy atom. The Hall–Kier alpha value is -3.70. The van der Waals surface area contributed by atoms with Crippen molar-refractivity contribution in [3.05, 3.63) is 56.1 Å². The van der Waals surface area contributed by atoms with Crippen LogP contribution in [0.4, 0.5) is 5.69 Å². The van der Waals surface area contributed by atoms with Crippen LogP contribution in [0.2, 0.25) is 5.02 Å². The standard InChI is InChI=1S/C25H27ClN2O9/c1-13(29)20-18(34-5)12-19(35-6)21(16-10-11-27(4)25(16,3)37-14(2)30)23(20)36-24(31)15-8-7-9-17(22(15)26)28(32)33/h7-9,12,16H,10-11H2,1-6H3. The largest absolute Gasteiger partial charge is 0.496 e. The Labute approximate surface area is 218 Å². The molecule has 1 aliphatic rings. The van der Waals surface area contributed by atoms with E-state index in [1.807, 2.05) is 4.90 Å². The summed E-state index contributed by atoms with van der Waals surface area (Å²) < 4.78 is 22.5. The molecule has 12 heteroatoms. The van der Waals surface area contributed by atoms with E-state index in [0.29, 0.717) is 18.5 Å². The third-order valence-corrected chi connectivity index (χ3v) is 6.88. The van der Waals surface area contributed by atoms with Crippen LogP contribution in [0.1, 0.15) is 59.4 Å². The molecule has 11 nitrogen and oxygen atoms in total. The molecule has 0 saturated carbocycles. The number of carbonyl (C=O) groups is 3. The lowest BCUT2D eigenvalue weighted by Crippen LogP contribution is -2.46. The van der Waals surface area contributed by atoms with E-state index in [1.165, 1.54) is 46.3 Å². The zero-order valence-electron chi connectivity index (χ0n) is 21.2. The van der Waals surface area contributed by atoms with Gasteiger partial charge in [-0.15, -0.1) is 0 Å². The SMILES string of the molecule is COc1cc(OC)c(C2CCN(C)C2(C)OC(C)=O)c(OC(=O)c2cccc([N+](=O)[O-])c2Cl)c1C(C)=O. The number of esters is 2. The minimum Gasteiger partial charge on any atom is -0.496 e. The first kappa shape index (κ1) is 27.9. The van der Waals surface area contributed by atoms with Crippen LogP contribution >= 0.6 is 11.6 Å². The van der Waals surface area contributed by atoms with E-state index in [2.05, 4.69) is 0 Å². The number of nitrogens with zero attached hydrogens (tertiary/aromatic N) is 2. The molecule has 0 radical (unpaired) electrons. The molecule has 1 aliphatic heterocycles. The molecule has 0 aromatic heterocycles. The number of nitro groups is 1. The van der Waals surface area contributed by atoms with Gasteiger partial charge in [0.05, 0.1) is 24.7 Å². The number of Topliss-reactive ketones (excluding diaryl/α,β-unsaturated/α-hetero) is 1. The van der Waals surface area contributed by atoms with Crippen LogP contribution < -0.4 is 14.2 Å². The first-order valence-corrected chi connectivity index (χ1v) is 11.6. The van der Waals surface area contributed by atoms with Crippen LogP contribution in [-0.4, -0.2) is 61.1 Å². The van der Waals surface area contributed by atoms with Crippen LogP contribution in [0.25, 0.3) is 0 Å². The van der Waals surface area contributed by atoms with Crippen molar-refractivity contribution in [3.8, 4) is 17.2 Å². The quantitative estimate of drug-likeness (QED) is 0.158. The number of benzene rings is 2. The van der Waals surface area contributed by atoms with Crippen molar-refractivity contribution in [2.24, 2.45) is 0 Å².